The van der Waals surface area contributed by atoms with Crippen LogP contribution < -0.4 is 21.5 Å². The van der Waals surface area contributed by atoms with E-state index in [0.717, 1.165) is 25.8 Å². The van der Waals surface area contributed by atoms with Crippen LogP contribution in [0.3, 0.4) is 0 Å². The minimum absolute atomic E-state index is 0.0897. The van der Waals surface area contributed by atoms with Crippen LogP contribution in [0, 0.1) is 0 Å². The molecule has 0 bridgehead atoms. The molecule has 2 aromatic rings. The Balaban J connectivity index is 1.73. The van der Waals surface area contributed by atoms with Gasteiger partial charge in [0, 0.05) is 0 Å². The van der Waals surface area contributed by atoms with E-state index >= 15 is 0 Å². The Labute approximate surface area is 174 Å². The molecule has 10 nitrogen and oxygen atoms in total. The first-order chi connectivity index (χ1) is 14.5. The number of anilines is 2. The fourth-order valence-corrected chi connectivity index (χ4v) is 3.10. The van der Waals surface area contributed by atoms with Crippen molar-refractivity contribution in [3.8, 4) is 5.75 Å². The fourth-order valence-electron chi connectivity index (χ4n) is 3.10. The van der Waals surface area contributed by atoms with Crippen LogP contribution in [0.5, 0.6) is 5.75 Å². The quantitative estimate of drug-likeness (QED) is 0.375. The van der Waals surface area contributed by atoms with Gasteiger partial charge in [0.15, 0.2) is 11.6 Å². The average molecular weight is 411 g/mol. The summed E-state index contributed by atoms with van der Waals surface area (Å²) in [5.41, 5.74) is 11.9. The highest BCUT2D eigenvalue weighted by molar-refractivity contribution is 5.91. The summed E-state index contributed by atoms with van der Waals surface area (Å²) >= 11 is 0. The molecule has 0 radical (unpaired) electrons. The van der Waals surface area contributed by atoms with E-state index in [-0.39, 0.29) is 36.1 Å². The van der Waals surface area contributed by atoms with Crippen molar-refractivity contribution < 1.29 is 14.3 Å². The van der Waals surface area contributed by atoms with Crippen molar-refractivity contribution in [1.29, 1.82) is 0 Å². The van der Waals surface area contributed by atoms with Gasteiger partial charge in [-0.1, -0.05) is 18.6 Å². The zero-order valence-electron chi connectivity index (χ0n) is 16.7. The molecule has 1 fully saturated rings. The number of likely N-dealkylation sites (tertiary alicyclic amines) is 1. The number of amides is 1. The zero-order valence-corrected chi connectivity index (χ0v) is 16.7. The second-order valence-corrected chi connectivity index (χ2v) is 6.93. The van der Waals surface area contributed by atoms with E-state index < -0.39 is 0 Å². The van der Waals surface area contributed by atoms with Gasteiger partial charge in [0.1, 0.15) is 23.2 Å². The number of hydrogen-bond donors (Lipinski definition) is 3. The molecule has 0 unspecified atom stereocenters. The Morgan fingerprint density at radius 3 is 2.70 bits per heavy atom. The third-order valence-corrected chi connectivity index (χ3v) is 4.74. The van der Waals surface area contributed by atoms with Gasteiger partial charge in [-0.2, -0.15) is 0 Å². The number of carbonyl (C=O) groups excluding carboxylic acids is 2. The van der Waals surface area contributed by atoms with Crippen LogP contribution in [0.25, 0.3) is 0 Å². The van der Waals surface area contributed by atoms with Crippen LogP contribution in [0.1, 0.15) is 19.3 Å². The summed E-state index contributed by atoms with van der Waals surface area (Å²) in [6.45, 7) is 0.713. The van der Waals surface area contributed by atoms with E-state index in [1.807, 2.05) is 11.9 Å². The Morgan fingerprint density at radius 2 is 1.97 bits per heavy atom. The van der Waals surface area contributed by atoms with Gasteiger partial charge in [0.05, 0.1) is 6.54 Å². The van der Waals surface area contributed by atoms with Crippen molar-refractivity contribution in [3.63, 3.8) is 0 Å². The van der Waals surface area contributed by atoms with Gasteiger partial charge in [0.2, 0.25) is 5.91 Å². The smallest absolute Gasteiger partial charge is 0.328 e. The predicted molar refractivity (Wildman–Crippen MR) is 113 cm³/mol. The van der Waals surface area contributed by atoms with Gasteiger partial charge in [-0.15, -0.1) is 10.2 Å². The van der Waals surface area contributed by atoms with Crippen molar-refractivity contribution >= 4 is 34.9 Å². The number of nitrogen functional groups attached to an aromatic ring is 1. The number of azo groups is 1. The molecule has 158 valence electrons. The highest BCUT2D eigenvalue weighted by atomic mass is 16.5. The molecule has 10 heteroatoms. The van der Waals surface area contributed by atoms with Gasteiger partial charge in [0.25, 0.3) is 0 Å². The number of para-hydroxylation sites is 1. The number of nitrogens with two attached hydrogens (primary N) is 2. The van der Waals surface area contributed by atoms with Crippen molar-refractivity contribution in [2.75, 3.05) is 31.2 Å². The highest BCUT2D eigenvalue weighted by Gasteiger charge is 2.28. The number of benzene rings is 1. The Kier molecular flexibility index (Phi) is 7.04. The molecular weight excluding hydrogens is 386 g/mol. The molecule has 1 saturated heterocycles. The molecule has 1 aliphatic rings. The van der Waals surface area contributed by atoms with Crippen molar-refractivity contribution in [1.82, 2.24) is 9.88 Å². The summed E-state index contributed by atoms with van der Waals surface area (Å²) in [7, 11) is 1.92. The summed E-state index contributed by atoms with van der Waals surface area (Å²) in [4.78, 5) is 30.0. The Morgan fingerprint density at radius 1 is 1.20 bits per heavy atom. The molecule has 1 amide bonds. The van der Waals surface area contributed by atoms with Crippen molar-refractivity contribution in [2.45, 2.75) is 25.3 Å². The third kappa shape index (κ3) is 5.37. The van der Waals surface area contributed by atoms with E-state index in [1.54, 1.807) is 36.4 Å². The lowest BCUT2D eigenvalue weighted by Crippen LogP contribution is -2.44. The first kappa shape index (κ1) is 21.3. The first-order valence-electron chi connectivity index (χ1n) is 9.67. The number of rotatable bonds is 6. The molecule has 0 spiro atoms. The molecule has 1 aromatic heterocycles. The number of esters is 1. The molecule has 1 aromatic carbocycles. The Hall–Kier alpha value is -3.37. The maximum Gasteiger partial charge on any atom is 0.328 e. The number of likely N-dealkylation sites (N-methyl/N-ethyl adjacent to an activating group) is 1. The second-order valence-electron chi connectivity index (χ2n) is 6.93. The topological polar surface area (TPSA) is 148 Å². The van der Waals surface area contributed by atoms with Gasteiger partial charge in [-0.25, -0.2) is 9.78 Å². The number of aromatic nitrogens is 1. The van der Waals surface area contributed by atoms with E-state index in [0.29, 0.717) is 17.1 Å². The molecule has 0 aliphatic carbocycles. The van der Waals surface area contributed by atoms with Crippen LogP contribution in [0.4, 0.5) is 23.0 Å². The molecule has 2 heterocycles. The van der Waals surface area contributed by atoms with Crippen LogP contribution in [-0.2, 0) is 9.59 Å². The number of hydrogen-bond acceptors (Lipinski definition) is 9. The lowest BCUT2D eigenvalue weighted by atomic mass is 10.0. The number of carbonyl (C=O) groups is 2. The number of ether oxygens (including phenoxy) is 1. The van der Waals surface area contributed by atoms with Crippen LogP contribution >= 0.6 is 0 Å². The maximum absolute atomic E-state index is 12.6. The number of piperidine rings is 1. The number of nitrogens with one attached hydrogen (secondary N) is 1. The highest BCUT2D eigenvalue weighted by Crippen LogP contribution is 2.31. The van der Waals surface area contributed by atoms with E-state index in [1.165, 1.54) is 0 Å². The fraction of sp³-hybridized carbons (Fsp3) is 0.350. The van der Waals surface area contributed by atoms with E-state index in [9.17, 15) is 9.59 Å². The lowest BCUT2D eigenvalue weighted by Gasteiger charge is -2.30. The van der Waals surface area contributed by atoms with E-state index in [2.05, 4.69) is 20.5 Å². The monoisotopic (exact) mass is 411 g/mol. The summed E-state index contributed by atoms with van der Waals surface area (Å²) < 4.78 is 5.61. The minimum atomic E-state index is -0.379. The standard InChI is InChI=1S/C20H25N7O3/c1-27-11-5-4-7-15(27)20(29)30-16-8-3-2-6-13(16)25-26-14-9-10-17(24-19(14)22)23-18(28)12-21/h2-3,6,8-10,15H,4-5,7,11-12,21H2,1H3,(H3,22,23,24,28)/t15-/m0/s1. The largest absolute Gasteiger partial charge is 0.423 e. The SMILES string of the molecule is CN1CCCC[C@H]1C(=O)Oc1ccccc1N=Nc1ccc(NC(=O)CN)nc1N. The predicted octanol–water partition coefficient (Wildman–Crippen LogP) is 2.37. The minimum Gasteiger partial charge on any atom is -0.423 e. The molecule has 30 heavy (non-hydrogen) atoms. The van der Waals surface area contributed by atoms with Crippen LogP contribution in [0.15, 0.2) is 46.6 Å². The number of pyridine rings is 1. The summed E-state index contributed by atoms with van der Waals surface area (Å²) in [6, 6.07) is 9.74. The van der Waals surface area contributed by atoms with Gasteiger partial charge in [-0.05, 0) is 50.7 Å². The van der Waals surface area contributed by atoms with E-state index in [4.69, 9.17) is 16.2 Å². The molecule has 1 atom stereocenters. The van der Waals surface area contributed by atoms with Gasteiger partial charge in [-0.3, -0.25) is 9.69 Å². The molecule has 1 aliphatic heterocycles. The first-order valence-corrected chi connectivity index (χ1v) is 9.67. The van der Waals surface area contributed by atoms with Gasteiger partial charge >= 0.3 is 5.97 Å². The molecule has 5 N–H and O–H groups in total. The average Bonchev–Trinajstić information content (AvgIpc) is 2.74. The Bertz CT molecular complexity index is 948. The normalized spacial score (nSPS) is 17.1. The second kappa shape index (κ2) is 9.90. The zero-order chi connectivity index (χ0) is 21.5. The summed E-state index contributed by atoms with van der Waals surface area (Å²) in [6.07, 6.45) is 2.85. The van der Waals surface area contributed by atoms with Gasteiger partial charge < -0.3 is 21.5 Å². The summed E-state index contributed by atoms with van der Waals surface area (Å²) in [5, 5.41) is 10.8. The third-order valence-electron chi connectivity index (χ3n) is 4.74. The maximum atomic E-state index is 12.6. The van der Waals surface area contributed by atoms with Crippen molar-refractivity contribution in [3.05, 3.63) is 36.4 Å². The molecular formula is C20H25N7O3. The number of nitrogens with zero attached hydrogens (tertiary/aromatic N) is 4. The van der Waals surface area contributed by atoms with Crippen LogP contribution in [0.2, 0.25) is 0 Å². The summed E-state index contributed by atoms with van der Waals surface area (Å²) in [5.74, 6) is -0.0000444. The van der Waals surface area contributed by atoms with Crippen molar-refractivity contribution in [2.24, 2.45) is 16.0 Å². The molecule has 3 rings (SSSR count). The lowest BCUT2D eigenvalue weighted by molar-refractivity contribution is -0.141. The molecule has 0 saturated carbocycles. The van der Waals surface area contributed by atoms with Crippen LogP contribution in [-0.4, -0.2) is 47.9 Å².